The van der Waals surface area contributed by atoms with Gasteiger partial charge < -0.3 is 5.73 Å². The molecule has 0 aliphatic heterocycles. The fourth-order valence-corrected chi connectivity index (χ4v) is 2.37. The Morgan fingerprint density at radius 3 is 2.62 bits per heavy atom. The molecule has 70 valence electrons. The topological polar surface area (TPSA) is 26.0 Å². The van der Waals surface area contributed by atoms with Crippen LogP contribution in [-0.4, -0.2) is 0 Å². The maximum absolute atomic E-state index is 6.19. The maximum atomic E-state index is 6.19. The summed E-state index contributed by atoms with van der Waals surface area (Å²) in [7, 11) is 0. The van der Waals surface area contributed by atoms with Crippen LogP contribution >= 0.6 is 27.5 Å². The minimum absolute atomic E-state index is 0.166. The molecule has 1 saturated carbocycles. The predicted molar refractivity (Wildman–Crippen MR) is 58.9 cm³/mol. The van der Waals surface area contributed by atoms with Gasteiger partial charge in [-0.3, -0.25) is 0 Å². The maximum Gasteiger partial charge on any atom is 0.0457 e. The Hall–Kier alpha value is -0.0500. The van der Waals surface area contributed by atoms with Gasteiger partial charge in [-0.1, -0.05) is 27.5 Å². The van der Waals surface area contributed by atoms with Crippen molar-refractivity contribution in [2.75, 3.05) is 0 Å². The molecule has 0 aromatic heterocycles. The van der Waals surface area contributed by atoms with Crippen molar-refractivity contribution >= 4 is 27.5 Å². The molecule has 2 rings (SSSR count). The lowest BCUT2D eigenvalue weighted by molar-refractivity contribution is 0.253. The van der Waals surface area contributed by atoms with E-state index in [9.17, 15) is 0 Å². The molecule has 1 nitrogen and oxygen atoms in total. The van der Waals surface area contributed by atoms with Crippen molar-refractivity contribution < 1.29 is 0 Å². The van der Waals surface area contributed by atoms with Crippen molar-refractivity contribution in [1.29, 1.82) is 0 Å². The third-order valence-corrected chi connectivity index (χ3v) is 3.53. The molecule has 0 radical (unpaired) electrons. The highest BCUT2D eigenvalue weighted by atomic mass is 79.9. The highest BCUT2D eigenvalue weighted by Crippen LogP contribution is 2.42. The second kappa shape index (κ2) is 3.26. The molecule has 0 spiro atoms. The standard InChI is InChI=1S/C10H11BrClN/c11-7-2-3-9(12)8(6-7)10(13)4-1-5-10/h2-3,6H,1,4-5,13H2. The first-order chi connectivity index (χ1) is 6.12. The highest BCUT2D eigenvalue weighted by molar-refractivity contribution is 9.10. The van der Waals surface area contributed by atoms with E-state index >= 15 is 0 Å². The molecule has 0 atom stereocenters. The molecule has 3 heteroatoms. The lowest BCUT2D eigenvalue weighted by atomic mass is 9.73. The highest BCUT2D eigenvalue weighted by Gasteiger charge is 2.35. The van der Waals surface area contributed by atoms with Crippen molar-refractivity contribution in [1.82, 2.24) is 0 Å². The van der Waals surface area contributed by atoms with E-state index in [0.29, 0.717) is 0 Å². The van der Waals surface area contributed by atoms with Crippen molar-refractivity contribution in [3.8, 4) is 0 Å². The summed E-state index contributed by atoms with van der Waals surface area (Å²) >= 11 is 9.52. The Balaban J connectivity index is 2.43. The van der Waals surface area contributed by atoms with Crippen LogP contribution in [0.4, 0.5) is 0 Å². The van der Waals surface area contributed by atoms with Crippen LogP contribution in [0.2, 0.25) is 5.02 Å². The number of nitrogens with two attached hydrogens (primary N) is 1. The van der Waals surface area contributed by atoms with Crippen LogP contribution in [0.15, 0.2) is 22.7 Å². The Morgan fingerprint density at radius 2 is 2.08 bits per heavy atom. The Bertz CT molecular complexity index is 334. The van der Waals surface area contributed by atoms with Gasteiger partial charge in [0.05, 0.1) is 0 Å². The molecule has 0 bridgehead atoms. The zero-order valence-electron chi connectivity index (χ0n) is 7.19. The third-order valence-electron chi connectivity index (χ3n) is 2.71. The molecule has 0 unspecified atom stereocenters. The van der Waals surface area contributed by atoms with E-state index < -0.39 is 0 Å². The summed E-state index contributed by atoms with van der Waals surface area (Å²) in [6, 6.07) is 5.86. The summed E-state index contributed by atoms with van der Waals surface area (Å²) in [5, 5.41) is 0.783. The molecule has 0 amide bonds. The van der Waals surface area contributed by atoms with Crippen LogP contribution in [0.1, 0.15) is 24.8 Å². The number of benzene rings is 1. The Labute approximate surface area is 91.4 Å². The van der Waals surface area contributed by atoms with E-state index in [-0.39, 0.29) is 5.54 Å². The van der Waals surface area contributed by atoms with Crippen LogP contribution in [0.5, 0.6) is 0 Å². The fourth-order valence-electron chi connectivity index (χ4n) is 1.71. The lowest BCUT2D eigenvalue weighted by Crippen LogP contribution is -2.43. The van der Waals surface area contributed by atoms with Crippen molar-refractivity contribution in [3.05, 3.63) is 33.3 Å². The molecule has 13 heavy (non-hydrogen) atoms. The molecule has 0 heterocycles. The summed E-state index contributed by atoms with van der Waals surface area (Å²) in [4.78, 5) is 0. The SMILES string of the molecule is NC1(c2cc(Br)ccc2Cl)CCC1. The quantitative estimate of drug-likeness (QED) is 0.822. The fraction of sp³-hybridized carbons (Fsp3) is 0.400. The van der Waals surface area contributed by atoms with Gasteiger partial charge in [0, 0.05) is 15.0 Å². The smallest absolute Gasteiger partial charge is 0.0457 e. The first-order valence-corrected chi connectivity index (χ1v) is 5.53. The number of hydrogen-bond acceptors (Lipinski definition) is 1. The van der Waals surface area contributed by atoms with Gasteiger partial charge in [0.15, 0.2) is 0 Å². The summed E-state index contributed by atoms with van der Waals surface area (Å²) in [6.45, 7) is 0. The minimum atomic E-state index is -0.166. The molecule has 1 aliphatic carbocycles. The first-order valence-electron chi connectivity index (χ1n) is 4.36. The number of halogens is 2. The Kier molecular flexibility index (Phi) is 2.39. The normalized spacial score (nSPS) is 19.6. The van der Waals surface area contributed by atoms with Gasteiger partial charge in [-0.25, -0.2) is 0 Å². The zero-order chi connectivity index (χ0) is 9.47. The number of hydrogen-bond donors (Lipinski definition) is 1. The van der Waals surface area contributed by atoms with E-state index in [1.165, 1.54) is 6.42 Å². The van der Waals surface area contributed by atoms with Gasteiger partial charge in [-0.15, -0.1) is 0 Å². The molecule has 1 fully saturated rings. The Morgan fingerprint density at radius 1 is 1.38 bits per heavy atom. The average molecular weight is 261 g/mol. The molecule has 1 aliphatic rings. The molecule has 1 aromatic rings. The van der Waals surface area contributed by atoms with E-state index in [0.717, 1.165) is 27.9 Å². The van der Waals surface area contributed by atoms with Gasteiger partial charge >= 0.3 is 0 Å². The van der Waals surface area contributed by atoms with Crippen LogP contribution in [0.25, 0.3) is 0 Å². The van der Waals surface area contributed by atoms with Gasteiger partial charge in [-0.05, 0) is 43.0 Å². The predicted octanol–water partition coefficient (Wildman–Crippen LogP) is 3.44. The van der Waals surface area contributed by atoms with E-state index in [4.69, 9.17) is 17.3 Å². The van der Waals surface area contributed by atoms with Gasteiger partial charge in [-0.2, -0.15) is 0 Å². The van der Waals surface area contributed by atoms with E-state index in [1.807, 2.05) is 18.2 Å². The summed E-state index contributed by atoms with van der Waals surface area (Å²) in [5.41, 5.74) is 7.10. The van der Waals surface area contributed by atoms with E-state index in [2.05, 4.69) is 15.9 Å². The van der Waals surface area contributed by atoms with Gasteiger partial charge in [0.2, 0.25) is 0 Å². The van der Waals surface area contributed by atoms with Crippen molar-refractivity contribution in [3.63, 3.8) is 0 Å². The van der Waals surface area contributed by atoms with Gasteiger partial charge in [0.25, 0.3) is 0 Å². The van der Waals surface area contributed by atoms with Crippen molar-refractivity contribution in [2.45, 2.75) is 24.8 Å². The molecule has 0 saturated heterocycles. The minimum Gasteiger partial charge on any atom is -0.321 e. The van der Waals surface area contributed by atoms with Crippen LogP contribution in [0, 0.1) is 0 Å². The number of rotatable bonds is 1. The third kappa shape index (κ3) is 1.63. The average Bonchev–Trinajstić information content (AvgIpc) is 2.05. The summed E-state index contributed by atoms with van der Waals surface area (Å²) in [6.07, 6.45) is 3.30. The summed E-state index contributed by atoms with van der Waals surface area (Å²) in [5.74, 6) is 0. The first kappa shape index (κ1) is 9.50. The monoisotopic (exact) mass is 259 g/mol. The van der Waals surface area contributed by atoms with Crippen LogP contribution in [0.3, 0.4) is 0 Å². The second-order valence-corrected chi connectivity index (χ2v) is 4.96. The van der Waals surface area contributed by atoms with Gasteiger partial charge in [0.1, 0.15) is 0 Å². The zero-order valence-corrected chi connectivity index (χ0v) is 9.53. The molecular formula is C10H11BrClN. The summed E-state index contributed by atoms with van der Waals surface area (Å²) < 4.78 is 1.05. The van der Waals surface area contributed by atoms with E-state index in [1.54, 1.807) is 0 Å². The van der Waals surface area contributed by atoms with Crippen molar-refractivity contribution in [2.24, 2.45) is 5.73 Å². The molecule has 1 aromatic carbocycles. The molecular weight excluding hydrogens is 249 g/mol. The second-order valence-electron chi connectivity index (χ2n) is 3.63. The lowest BCUT2D eigenvalue weighted by Gasteiger charge is -2.39. The largest absolute Gasteiger partial charge is 0.321 e. The molecule has 2 N–H and O–H groups in total. The van der Waals surface area contributed by atoms with Crippen LogP contribution < -0.4 is 5.73 Å². The van der Waals surface area contributed by atoms with Crippen LogP contribution in [-0.2, 0) is 5.54 Å².